The van der Waals surface area contributed by atoms with Crippen molar-refractivity contribution < 1.29 is 28.8 Å². The molecule has 2 aromatic heterocycles. The number of aliphatic hydroxyl groups excluding tert-OH is 1. The molecule has 2 saturated heterocycles. The maximum atomic E-state index is 13.8. The Morgan fingerprint density at radius 2 is 1.89 bits per heavy atom. The zero-order valence-corrected chi connectivity index (χ0v) is 28.4. The highest BCUT2D eigenvalue weighted by Gasteiger charge is 2.43. The Morgan fingerprint density at radius 3 is 2.51 bits per heavy atom. The highest BCUT2D eigenvalue weighted by molar-refractivity contribution is 7.13. The van der Waals surface area contributed by atoms with Gasteiger partial charge in [-0.2, -0.15) is 0 Å². The summed E-state index contributed by atoms with van der Waals surface area (Å²) in [5.41, 5.74) is 5.26. The van der Waals surface area contributed by atoms with E-state index in [4.69, 9.17) is 9.26 Å². The Bertz CT molecular complexity index is 1590. The third kappa shape index (κ3) is 7.23. The van der Waals surface area contributed by atoms with Crippen molar-refractivity contribution in [1.82, 2.24) is 25.3 Å². The molecule has 252 valence electrons. The Kier molecular flexibility index (Phi) is 9.98. The summed E-state index contributed by atoms with van der Waals surface area (Å²) in [7, 11) is 0. The van der Waals surface area contributed by atoms with Crippen LogP contribution in [0.25, 0.3) is 10.4 Å². The van der Waals surface area contributed by atoms with E-state index in [0.717, 1.165) is 66.9 Å². The number of aromatic nitrogens is 2. The number of carbonyl (C=O) groups is 3. The molecule has 3 atom stereocenters. The van der Waals surface area contributed by atoms with Crippen LogP contribution in [-0.4, -0.2) is 80.7 Å². The molecular weight excluding hydrogens is 618 g/mol. The monoisotopic (exact) mass is 663 g/mol. The lowest BCUT2D eigenvalue weighted by Gasteiger charge is -2.36. The summed E-state index contributed by atoms with van der Waals surface area (Å²) in [6, 6.07) is 6.93. The van der Waals surface area contributed by atoms with Crippen LogP contribution in [0.4, 0.5) is 0 Å². The number of hydrogen-bond acceptors (Lipinski definition) is 9. The van der Waals surface area contributed by atoms with E-state index < -0.39 is 18.1 Å². The van der Waals surface area contributed by atoms with Crippen molar-refractivity contribution in [2.24, 2.45) is 11.8 Å². The second-order valence-corrected chi connectivity index (χ2v) is 14.4. The van der Waals surface area contributed by atoms with Crippen LogP contribution >= 0.6 is 11.3 Å². The third-order valence-electron chi connectivity index (χ3n) is 9.76. The number of rotatable bonds is 10. The number of nitrogens with zero attached hydrogens (tertiary/aromatic N) is 4. The van der Waals surface area contributed by atoms with E-state index in [-0.39, 0.29) is 55.2 Å². The number of aryl methyl sites for hydroxylation is 2. The first-order chi connectivity index (χ1) is 22.6. The number of nitrogens with one attached hydrogen (secondary N) is 1. The van der Waals surface area contributed by atoms with E-state index in [9.17, 15) is 19.5 Å². The lowest BCUT2D eigenvalue weighted by Crippen LogP contribution is -2.48. The number of β-amino-alcohol motifs (C(OH)–C–C–N with tert-alkyl or cyclic N) is 1. The predicted molar refractivity (Wildman–Crippen MR) is 177 cm³/mol. The molecule has 0 spiro atoms. The van der Waals surface area contributed by atoms with Crippen LogP contribution in [0.1, 0.15) is 81.0 Å². The lowest BCUT2D eigenvalue weighted by molar-refractivity contribution is -0.141. The Hall–Kier alpha value is -3.77. The van der Waals surface area contributed by atoms with Crippen LogP contribution in [0, 0.1) is 25.7 Å². The van der Waals surface area contributed by atoms with Gasteiger partial charge in [0.2, 0.25) is 17.7 Å². The smallest absolute Gasteiger partial charge is 0.243 e. The molecule has 3 aromatic rings. The van der Waals surface area contributed by atoms with Crippen LogP contribution in [0.15, 0.2) is 34.3 Å². The molecule has 1 unspecified atom stereocenters. The first-order valence-corrected chi connectivity index (χ1v) is 17.6. The fourth-order valence-electron chi connectivity index (χ4n) is 6.98. The molecule has 3 amide bonds. The molecule has 0 bridgehead atoms. The number of hydrogen-bond donors (Lipinski definition) is 2. The van der Waals surface area contributed by atoms with E-state index in [1.807, 2.05) is 49.4 Å². The molecule has 12 heteroatoms. The van der Waals surface area contributed by atoms with Crippen molar-refractivity contribution in [3.8, 4) is 16.2 Å². The summed E-state index contributed by atoms with van der Waals surface area (Å²) >= 11 is 1.57. The highest BCUT2D eigenvalue weighted by Crippen LogP contribution is 2.36. The van der Waals surface area contributed by atoms with Crippen LogP contribution in [-0.2, 0) is 20.9 Å². The van der Waals surface area contributed by atoms with Crippen LogP contribution in [0.3, 0.4) is 0 Å². The van der Waals surface area contributed by atoms with Gasteiger partial charge in [-0.3, -0.25) is 14.4 Å². The average Bonchev–Trinajstić information content (AvgIpc) is 3.75. The Labute approximate surface area is 279 Å². The molecule has 11 nitrogen and oxygen atoms in total. The Morgan fingerprint density at radius 1 is 1.13 bits per heavy atom. The fraction of sp³-hybridized carbons (Fsp3) is 0.571. The fourth-order valence-corrected chi connectivity index (χ4v) is 7.78. The number of carbonyl (C=O) groups excluding carboxylic acids is 3. The third-order valence-corrected chi connectivity index (χ3v) is 10.7. The number of aliphatic hydroxyl groups is 1. The van der Waals surface area contributed by atoms with Gasteiger partial charge in [-0.25, -0.2) is 4.98 Å². The molecule has 4 heterocycles. The standard InChI is InChI=1S/C35H45N5O6S/c1-20(2)31(30-14-21(3)38-46-30)35(44)40-18-26(41)16-28(40)33(42)36-17-25-7-6-24(32-22(4)37-19-47-32)15-29(25)45-27-10-8-23(9-11-27)34(43)39-12-5-13-39/h6-7,14-15,19-20,23,26-28,31,41H,5,8-13,16-18H2,1-4H3,(H,36,42)/t23?,26-,27?,28+,31?/m1/s1. The van der Waals surface area contributed by atoms with E-state index in [0.29, 0.717) is 17.2 Å². The predicted octanol–water partition coefficient (Wildman–Crippen LogP) is 4.60. The van der Waals surface area contributed by atoms with Crippen molar-refractivity contribution >= 4 is 29.1 Å². The van der Waals surface area contributed by atoms with Gasteiger partial charge in [0.05, 0.1) is 34.0 Å². The van der Waals surface area contributed by atoms with Gasteiger partial charge in [0, 0.05) is 50.1 Å². The molecule has 2 N–H and O–H groups in total. The summed E-state index contributed by atoms with van der Waals surface area (Å²) in [5.74, 6) is 0.190. The zero-order chi connectivity index (χ0) is 33.2. The minimum atomic E-state index is -0.814. The van der Waals surface area contributed by atoms with Crippen molar-refractivity contribution in [3.05, 3.63) is 52.5 Å². The van der Waals surface area contributed by atoms with Gasteiger partial charge in [-0.15, -0.1) is 11.3 Å². The lowest BCUT2D eigenvalue weighted by atomic mass is 9.86. The largest absolute Gasteiger partial charge is 0.490 e. The van der Waals surface area contributed by atoms with Gasteiger partial charge in [0.15, 0.2) is 0 Å². The van der Waals surface area contributed by atoms with Crippen molar-refractivity contribution in [1.29, 1.82) is 0 Å². The minimum Gasteiger partial charge on any atom is -0.490 e. The van der Waals surface area contributed by atoms with E-state index in [1.165, 1.54) is 4.90 Å². The van der Waals surface area contributed by atoms with Gasteiger partial charge in [-0.1, -0.05) is 31.1 Å². The second-order valence-electron chi connectivity index (χ2n) is 13.6. The molecule has 0 radical (unpaired) electrons. The first kappa shape index (κ1) is 33.1. The molecule has 6 rings (SSSR count). The molecule has 47 heavy (non-hydrogen) atoms. The maximum absolute atomic E-state index is 13.8. The molecule has 3 aliphatic rings. The summed E-state index contributed by atoms with van der Waals surface area (Å²) in [6.45, 7) is 9.66. The van der Waals surface area contributed by atoms with E-state index >= 15 is 0 Å². The summed E-state index contributed by atoms with van der Waals surface area (Å²) in [5, 5.41) is 17.5. The maximum Gasteiger partial charge on any atom is 0.243 e. The molecule has 1 aromatic carbocycles. The summed E-state index contributed by atoms with van der Waals surface area (Å²) < 4.78 is 12.1. The number of thiazole rings is 1. The van der Waals surface area contributed by atoms with E-state index in [2.05, 4.69) is 15.5 Å². The van der Waals surface area contributed by atoms with E-state index in [1.54, 1.807) is 24.3 Å². The van der Waals surface area contributed by atoms with Gasteiger partial charge >= 0.3 is 0 Å². The summed E-state index contributed by atoms with van der Waals surface area (Å²) in [6.07, 6.45) is 3.60. The first-order valence-electron chi connectivity index (χ1n) is 16.8. The topological polar surface area (TPSA) is 138 Å². The van der Waals surface area contributed by atoms with Gasteiger partial charge in [0.25, 0.3) is 0 Å². The van der Waals surface area contributed by atoms with Crippen molar-refractivity contribution in [3.63, 3.8) is 0 Å². The molecular formula is C35H45N5O6S. The van der Waals surface area contributed by atoms with Crippen molar-refractivity contribution in [2.75, 3.05) is 19.6 Å². The average molecular weight is 664 g/mol. The van der Waals surface area contributed by atoms with Gasteiger partial charge in [0.1, 0.15) is 23.5 Å². The number of likely N-dealkylation sites (tertiary alicyclic amines) is 2. The van der Waals surface area contributed by atoms with Gasteiger partial charge in [-0.05, 0) is 63.5 Å². The zero-order valence-electron chi connectivity index (χ0n) is 27.6. The molecule has 1 aliphatic carbocycles. The quantitative estimate of drug-likeness (QED) is 0.321. The minimum absolute atomic E-state index is 0.0338. The number of ether oxygens (including phenoxy) is 1. The molecule has 1 saturated carbocycles. The second kappa shape index (κ2) is 14.1. The molecule has 2 aliphatic heterocycles. The van der Waals surface area contributed by atoms with Crippen LogP contribution < -0.4 is 10.1 Å². The van der Waals surface area contributed by atoms with Crippen LogP contribution in [0.2, 0.25) is 0 Å². The number of amides is 3. The highest BCUT2D eigenvalue weighted by atomic mass is 32.1. The summed E-state index contributed by atoms with van der Waals surface area (Å²) in [4.78, 5) is 49.2. The van der Waals surface area contributed by atoms with Crippen molar-refractivity contribution in [2.45, 2.75) is 96.9 Å². The van der Waals surface area contributed by atoms with Crippen LogP contribution in [0.5, 0.6) is 5.75 Å². The van der Waals surface area contributed by atoms with Gasteiger partial charge < -0.3 is 29.5 Å². The SMILES string of the molecule is Cc1cc(C(C(=O)N2C[C@H](O)C[C@H]2C(=O)NCc2ccc(-c3scnc3C)cc2OC2CCC(C(=O)N3CCC3)CC2)C(C)C)on1. The normalized spacial score (nSPS) is 23.4. The number of benzene rings is 1. The Balaban J connectivity index is 1.16. The molecule has 3 fully saturated rings.